The van der Waals surface area contributed by atoms with Crippen LogP contribution in [0.2, 0.25) is 0 Å². The van der Waals surface area contributed by atoms with Crippen molar-refractivity contribution in [1.29, 1.82) is 0 Å². The molecule has 2 aromatic rings. The average Bonchev–Trinajstić information content (AvgIpc) is 3.24. The summed E-state index contributed by atoms with van der Waals surface area (Å²) in [6.07, 6.45) is -3.46. The zero-order chi connectivity index (χ0) is 24.8. The van der Waals surface area contributed by atoms with Crippen molar-refractivity contribution in [3.8, 4) is 5.75 Å². The molecular formula is C21H23F3N2O5S2. The number of nitrogens with two attached hydrogens (primary N) is 1. The molecule has 0 bridgehead atoms. The molecule has 180 valence electrons. The van der Waals surface area contributed by atoms with Gasteiger partial charge in [0.15, 0.2) is 0 Å². The first-order valence-corrected chi connectivity index (χ1v) is 12.0. The second kappa shape index (κ2) is 10.8. The largest absolute Gasteiger partial charge is 0.494 e. The van der Waals surface area contributed by atoms with E-state index in [-0.39, 0.29) is 38.3 Å². The monoisotopic (exact) mass is 504 g/mol. The molecular weight excluding hydrogens is 481 g/mol. The van der Waals surface area contributed by atoms with Crippen molar-refractivity contribution in [3.63, 3.8) is 0 Å². The van der Waals surface area contributed by atoms with Gasteiger partial charge in [0.1, 0.15) is 15.7 Å². The zero-order valence-electron chi connectivity index (χ0n) is 17.8. The Labute approximate surface area is 193 Å². The molecule has 33 heavy (non-hydrogen) atoms. The number of halogens is 3. The maximum Gasteiger partial charge on any atom is 0.432 e. The molecule has 0 saturated heterocycles. The standard InChI is InChI=1S/C21H23F3N2O5S2/c1-3-8-31-14-9-13(4-6-19(27)28)10-15(11-14)33(29,30)20-7-5-17(32-20)16(25)12-18(26-2)21(22,23)24/h5,7,9-12H,3-4,6,8,25H2,1-2H3,(H,27,28). The molecule has 0 atom stereocenters. The van der Waals surface area contributed by atoms with Gasteiger partial charge in [-0.25, -0.2) is 8.42 Å². The van der Waals surface area contributed by atoms with E-state index in [9.17, 15) is 26.4 Å². The second-order valence-electron chi connectivity index (χ2n) is 6.88. The Balaban J connectivity index is 2.44. The summed E-state index contributed by atoms with van der Waals surface area (Å²) >= 11 is 0.715. The number of allylic oxidation sites excluding steroid dienone is 1. The van der Waals surface area contributed by atoms with Gasteiger partial charge in [-0.1, -0.05) is 6.92 Å². The van der Waals surface area contributed by atoms with Crippen LogP contribution in [0.15, 0.2) is 50.5 Å². The van der Waals surface area contributed by atoms with Crippen LogP contribution in [0, 0.1) is 0 Å². The Morgan fingerprint density at radius 3 is 2.55 bits per heavy atom. The Bertz CT molecular complexity index is 1170. The Hall–Kier alpha value is -2.86. The van der Waals surface area contributed by atoms with Crippen molar-refractivity contribution in [2.24, 2.45) is 10.7 Å². The molecule has 0 fully saturated rings. The molecule has 2 rings (SSSR count). The molecule has 0 aliphatic rings. The first kappa shape index (κ1) is 26.4. The van der Waals surface area contributed by atoms with Crippen LogP contribution in [0.4, 0.5) is 13.2 Å². The number of aryl methyl sites for hydroxylation is 1. The molecule has 7 nitrogen and oxygen atoms in total. The maximum atomic E-state index is 13.2. The minimum atomic E-state index is -4.70. The normalized spacial score (nSPS) is 13.2. The summed E-state index contributed by atoms with van der Waals surface area (Å²) in [5.41, 5.74) is 4.75. The third-order valence-electron chi connectivity index (χ3n) is 4.30. The number of aliphatic carboxylic acids is 1. The van der Waals surface area contributed by atoms with E-state index >= 15 is 0 Å². The van der Waals surface area contributed by atoms with E-state index in [0.29, 0.717) is 36.0 Å². The van der Waals surface area contributed by atoms with Crippen LogP contribution in [-0.4, -0.2) is 45.0 Å². The first-order valence-electron chi connectivity index (χ1n) is 9.73. The van der Waals surface area contributed by atoms with Crippen LogP contribution in [-0.2, 0) is 21.1 Å². The lowest BCUT2D eigenvalue weighted by Crippen LogP contribution is -2.21. The third-order valence-corrected chi connectivity index (χ3v) is 7.66. The highest BCUT2D eigenvalue weighted by molar-refractivity contribution is 7.93. The molecule has 12 heteroatoms. The SMILES string of the molecule is CCCOc1cc(CCC(=O)O)cc(S(=O)(=O)c2ccc(C(N)=CC(=NC)C(F)(F)F)s2)c1. The summed E-state index contributed by atoms with van der Waals surface area (Å²) in [5, 5.41) is 8.93. The number of alkyl halides is 3. The zero-order valence-corrected chi connectivity index (χ0v) is 19.5. The van der Waals surface area contributed by atoms with E-state index in [0.717, 1.165) is 7.05 Å². The van der Waals surface area contributed by atoms with E-state index in [1.807, 2.05) is 6.92 Å². The van der Waals surface area contributed by atoms with Gasteiger partial charge in [-0.2, -0.15) is 13.2 Å². The molecule has 3 N–H and O–H groups in total. The lowest BCUT2D eigenvalue weighted by atomic mass is 10.1. The number of carboxylic acids is 1. The number of carboxylic acid groups (broad SMARTS) is 1. The van der Waals surface area contributed by atoms with Gasteiger partial charge in [0, 0.05) is 13.5 Å². The van der Waals surface area contributed by atoms with Crippen LogP contribution in [0.3, 0.4) is 0 Å². The minimum absolute atomic E-state index is 0.100. The van der Waals surface area contributed by atoms with Crippen LogP contribution in [0.1, 0.15) is 30.2 Å². The number of hydrogen-bond donors (Lipinski definition) is 2. The Morgan fingerprint density at radius 2 is 1.97 bits per heavy atom. The fourth-order valence-electron chi connectivity index (χ4n) is 2.71. The van der Waals surface area contributed by atoms with Crippen molar-refractivity contribution < 1.29 is 36.2 Å². The fourth-order valence-corrected chi connectivity index (χ4v) is 5.43. The number of rotatable bonds is 10. The molecule has 0 amide bonds. The highest BCUT2D eigenvalue weighted by atomic mass is 32.2. The molecule has 0 aliphatic carbocycles. The number of sulfone groups is 1. The molecule has 0 unspecified atom stereocenters. The summed E-state index contributed by atoms with van der Waals surface area (Å²) < 4.78 is 70.6. The number of nitrogens with zero attached hydrogens (tertiary/aromatic N) is 1. The molecule has 0 radical (unpaired) electrons. The van der Waals surface area contributed by atoms with E-state index in [1.165, 1.54) is 24.3 Å². The quantitative estimate of drug-likeness (QED) is 0.465. The lowest BCUT2D eigenvalue weighted by Gasteiger charge is -2.11. The molecule has 1 aromatic carbocycles. The van der Waals surface area contributed by atoms with Gasteiger partial charge < -0.3 is 15.6 Å². The van der Waals surface area contributed by atoms with Crippen molar-refractivity contribution >= 4 is 38.6 Å². The summed E-state index contributed by atoms with van der Waals surface area (Å²) in [6.45, 7) is 2.22. The first-order chi connectivity index (χ1) is 15.4. The lowest BCUT2D eigenvalue weighted by molar-refractivity contribution is -0.136. The smallest absolute Gasteiger partial charge is 0.432 e. The number of thiophene rings is 1. The molecule has 0 spiro atoms. The van der Waals surface area contributed by atoms with Crippen LogP contribution >= 0.6 is 11.3 Å². The second-order valence-corrected chi connectivity index (χ2v) is 10.1. The molecule has 1 heterocycles. The maximum absolute atomic E-state index is 13.2. The van der Waals surface area contributed by atoms with Crippen LogP contribution < -0.4 is 10.5 Å². The highest BCUT2D eigenvalue weighted by Crippen LogP contribution is 2.33. The average molecular weight is 505 g/mol. The third kappa shape index (κ3) is 7.06. The van der Waals surface area contributed by atoms with E-state index in [4.69, 9.17) is 15.6 Å². The summed E-state index contributed by atoms with van der Waals surface area (Å²) in [6, 6.07) is 6.85. The van der Waals surface area contributed by atoms with Crippen molar-refractivity contribution in [1.82, 2.24) is 0 Å². The van der Waals surface area contributed by atoms with Crippen molar-refractivity contribution in [3.05, 3.63) is 46.8 Å². The number of ether oxygens (including phenoxy) is 1. The van der Waals surface area contributed by atoms with Gasteiger partial charge >= 0.3 is 12.1 Å². The summed E-state index contributed by atoms with van der Waals surface area (Å²) in [7, 11) is -3.09. The topological polar surface area (TPSA) is 119 Å². The van der Waals surface area contributed by atoms with Crippen molar-refractivity contribution in [2.75, 3.05) is 13.7 Å². The number of hydrogen-bond acceptors (Lipinski definition) is 7. The number of benzene rings is 1. The Kier molecular flexibility index (Phi) is 8.67. The fraction of sp³-hybridized carbons (Fsp3) is 0.333. The molecule has 1 aromatic heterocycles. The van der Waals surface area contributed by atoms with Crippen LogP contribution in [0.5, 0.6) is 5.75 Å². The summed E-state index contributed by atoms with van der Waals surface area (Å²) in [5.74, 6) is -0.748. The van der Waals surface area contributed by atoms with E-state index < -0.39 is 27.7 Å². The van der Waals surface area contributed by atoms with E-state index in [2.05, 4.69) is 4.99 Å². The van der Waals surface area contributed by atoms with Gasteiger partial charge in [-0.05, 0) is 54.8 Å². The van der Waals surface area contributed by atoms with Gasteiger partial charge in [0.05, 0.1) is 22.1 Å². The molecule has 0 aliphatic heterocycles. The Morgan fingerprint density at radius 1 is 1.27 bits per heavy atom. The predicted octanol–water partition coefficient (Wildman–Crippen LogP) is 4.32. The van der Waals surface area contributed by atoms with Crippen molar-refractivity contribution in [2.45, 2.75) is 41.5 Å². The van der Waals surface area contributed by atoms with Gasteiger partial charge in [0.25, 0.3) is 0 Å². The highest BCUT2D eigenvalue weighted by Gasteiger charge is 2.34. The number of carbonyl (C=O) groups is 1. The van der Waals surface area contributed by atoms with Gasteiger partial charge in [-0.3, -0.25) is 9.79 Å². The van der Waals surface area contributed by atoms with Gasteiger partial charge in [-0.15, -0.1) is 11.3 Å². The molecule has 0 saturated carbocycles. The van der Waals surface area contributed by atoms with Gasteiger partial charge in [0.2, 0.25) is 9.84 Å². The number of aliphatic imine (C=N–C) groups is 1. The predicted molar refractivity (Wildman–Crippen MR) is 120 cm³/mol. The minimum Gasteiger partial charge on any atom is -0.494 e. The summed E-state index contributed by atoms with van der Waals surface area (Å²) in [4.78, 5) is 14.1. The van der Waals surface area contributed by atoms with Crippen LogP contribution in [0.25, 0.3) is 5.70 Å². The van der Waals surface area contributed by atoms with E-state index in [1.54, 1.807) is 6.07 Å².